The SMILES string of the molecule is CC[O-].CC[O-].CC[O-].CCc1cccc2[cH-]ccc12.[Ti+4]. The Hall–Kier alpha value is -0.576. The summed E-state index contributed by atoms with van der Waals surface area (Å²) < 4.78 is 0. The second-order valence-electron chi connectivity index (χ2n) is 3.67. The fourth-order valence-electron chi connectivity index (χ4n) is 1.54. The van der Waals surface area contributed by atoms with Crippen LogP contribution < -0.4 is 15.3 Å². The van der Waals surface area contributed by atoms with Crippen LogP contribution in [0.4, 0.5) is 0 Å². The van der Waals surface area contributed by atoms with Crippen molar-refractivity contribution in [2.75, 3.05) is 19.8 Å². The van der Waals surface area contributed by atoms with Crippen LogP contribution in [0.5, 0.6) is 0 Å². The van der Waals surface area contributed by atoms with Gasteiger partial charge < -0.3 is 15.3 Å². The van der Waals surface area contributed by atoms with E-state index in [1.165, 1.54) is 16.3 Å². The van der Waals surface area contributed by atoms with E-state index < -0.39 is 0 Å². The molecule has 0 aliphatic rings. The third kappa shape index (κ3) is 12.8. The van der Waals surface area contributed by atoms with Gasteiger partial charge in [-0.3, -0.25) is 0 Å². The predicted molar refractivity (Wildman–Crippen MR) is 80.5 cm³/mol. The van der Waals surface area contributed by atoms with Crippen LogP contribution in [-0.4, -0.2) is 19.8 Å². The Morgan fingerprint density at radius 1 is 0.857 bits per heavy atom. The van der Waals surface area contributed by atoms with Gasteiger partial charge in [0.1, 0.15) is 0 Å². The molecule has 0 N–H and O–H groups in total. The summed E-state index contributed by atoms with van der Waals surface area (Å²) in [6.45, 7) is 6.90. The number of hydrogen-bond acceptors (Lipinski definition) is 3. The molecule has 0 saturated heterocycles. The van der Waals surface area contributed by atoms with Crippen LogP contribution in [0.15, 0.2) is 36.4 Å². The number of aryl methyl sites for hydroxylation is 1. The molecule has 0 unspecified atom stereocenters. The summed E-state index contributed by atoms with van der Waals surface area (Å²) in [5, 5.41) is 29.6. The second-order valence-corrected chi connectivity index (χ2v) is 3.67. The molecule has 21 heavy (non-hydrogen) atoms. The minimum absolute atomic E-state index is 0. The van der Waals surface area contributed by atoms with Crippen molar-refractivity contribution in [1.29, 1.82) is 0 Å². The van der Waals surface area contributed by atoms with Gasteiger partial charge in [0, 0.05) is 0 Å². The molecular formula is C17H26O3Ti. The van der Waals surface area contributed by atoms with Gasteiger partial charge in [-0.25, -0.2) is 0 Å². The normalized spacial score (nSPS) is 8.14. The van der Waals surface area contributed by atoms with E-state index in [9.17, 15) is 0 Å². The molecular weight excluding hydrogens is 300 g/mol. The molecule has 4 heteroatoms. The van der Waals surface area contributed by atoms with E-state index in [1.807, 2.05) is 0 Å². The van der Waals surface area contributed by atoms with Crippen molar-refractivity contribution in [2.24, 2.45) is 0 Å². The van der Waals surface area contributed by atoms with Gasteiger partial charge >= 0.3 is 21.7 Å². The van der Waals surface area contributed by atoms with E-state index in [0.717, 1.165) is 6.42 Å². The summed E-state index contributed by atoms with van der Waals surface area (Å²) in [4.78, 5) is 0. The molecule has 0 bridgehead atoms. The van der Waals surface area contributed by atoms with E-state index in [4.69, 9.17) is 15.3 Å². The van der Waals surface area contributed by atoms with Gasteiger partial charge in [-0.1, -0.05) is 39.3 Å². The number of hydrogen-bond donors (Lipinski definition) is 0. The first-order valence-electron chi connectivity index (χ1n) is 7.04. The van der Waals surface area contributed by atoms with Gasteiger partial charge in [0.05, 0.1) is 0 Å². The molecule has 0 radical (unpaired) electrons. The van der Waals surface area contributed by atoms with Crippen molar-refractivity contribution in [2.45, 2.75) is 34.1 Å². The van der Waals surface area contributed by atoms with Gasteiger partial charge in [-0.05, 0) is 6.42 Å². The van der Waals surface area contributed by atoms with Gasteiger partial charge in [0.2, 0.25) is 0 Å². The van der Waals surface area contributed by atoms with Gasteiger partial charge in [0.15, 0.2) is 0 Å². The minimum Gasteiger partial charge on any atom is -0.855 e. The molecule has 0 aliphatic carbocycles. The van der Waals surface area contributed by atoms with Crippen LogP contribution in [0.3, 0.4) is 0 Å². The molecule has 116 valence electrons. The first kappa shape index (κ1) is 25.4. The summed E-state index contributed by atoms with van der Waals surface area (Å²) in [5.41, 5.74) is 1.45. The average Bonchev–Trinajstić information content (AvgIpc) is 2.89. The third-order valence-corrected chi connectivity index (χ3v) is 2.15. The first-order chi connectivity index (χ1) is 9.66. The molecule has 0 saturated carbocycles. The Kier molecular flexibility index (Phi) is 23.5. The first-order valence-corrected chi connectivity index (χ1v) is 7.04. The molecule has 0 fully saturated rings. The quantitative estimate of drug-likeness (QED) is 0.584. The summed E-state index contributed by atoms with van der Waals surface area (Å²) >= 11 is 0. The summed E-state index contributed by atoms with van der Waals surface area (Å²) in [5.74, 6) is 0. The maximum atomic E-state index is 8.93. The Morgan fingerprint density at radius 3 is 1.76 bits per heavy atom. The molecule has 2 aromatic carbocycles. The smallest absolute Gasteiger partial charge is 0.855 e. The van der Waals surface area contributed by atoms with Crippen LogP contribution in [0, 0.1) is 0 Å². The minimum atomic E-state index is 0. The summed E-state index contributed by atoms with van der Waals surface area (Å²) in [6.07, 6.45) is 1.13. The summed E-state index contributed by atoms with van der Waals surface area (Å²) in [6, 6.07) is 12.9. The zero-order chi connectivity index (χ0) is 15.8. The van der Waals surface area contributed by atoms with Crippen LogP contribution >= 0.6 is 0 Å². The van der Waals surface area contributed by atoms with Crippen LogP contribution in [-0.2, 0) is 28.1 Å². The maximum Gasteiger partial charge on any atom is 4.00 e. The molecule has 2 rings (SSSR count). The third-order valence-electron chi connectivity index (χ3n) is 2.15. The van der Waals surface area contributed by atoms with Gasteiger partial charge in [-0.2, -0.15) is 12.1 Å². The monoisotopic (exact) mass is 326 g/mol. The topological polar surface area (TPSA) is 69.2 Å². The average molecular weight is 326 g/mol. The molecule has 3 nitrogen and oxygen atoms in total. The maximum absolute atomic E-state index is 8.93. The Labute approximate surface area is 143 Å². The van der Waals surface area contributed by atoms with Crippen molar-refractivity contribution in [3.63, 3.8) is 0 Å². The molecule has 0 heterocycles. The summed E-state index contributed by atoms with van der Waals surface area (Å²) in [7, 11) is 0. The zero-order valence-electron chi connectivity index (χ0n) is 13.5. The van der Waals surface area contributed by atoms with Crippen molar-refractivity contribution < 1.29 is 37.0 Å². The molecule has 0 aliphatic heterocycles. The Morgan fingerprint density at radius 2 is 1.33 bits per heavy atom. The largest absolute Gasteiger partial charge is 4.00 e. The Balaban J connectivity index is -0.000000276. The van der Waals surface area contributed by atoms with Crippen LogP contribution in [0.2, 0.25) is 0 Å². The number of rotatable bonds is 1. The van der Waals surface area contributed by atoms with Crippen LogP contribution in [0.25, 0.3) is 10.8 Å². The van der Waals surface area contributed by atoms with E-state index in [-0.39, 0.29) is 41.5 Å². The van der Waals surface area contributed by atoms with E-state index in [2.05, 4.69) is 43.3 Å². The zero-order valence-corrected chi connectivity index (χ0v) is 15.1. The van der Waals surface area contributed by atoms with E-state index >= 15 is 0 Å². The van der Waals surface area contributed by atoms with Crippen molar-refractivity contribution in [1.82, 2.24) is 0 Å². The van der Waals surface area contributed by atoms with E-state index in [0.29, 0.717) is 0 Å². The standard InChI is InChI=1S/C11H11.3C2H5O.Ti/c1-2-9-5-3-6-10-7-4-8-11(9)10;3*1-2-3;/h3-8H,2H2,1H3;3*2H2,1H3;/q4*-1;+4. The molecule has 0 aromatic heterocycles. The fourth-order valence-corrected chi connectivity index (χ4v) is 1.54. The van der Waals surface area contributed by atoms with Crippen LogP contribution in [0.1, 0.15) is 33.3 Å². The van der Waals surface area contributed by atoms with Crippen molar-refractivity contribution in [3.8, 4) is 0 Å². The molecule has 0 atom stereocenters. The molecule has 2 aromatic rings. The Bertz CT molecular complexity index is 408. The number of fused-ring (bicyclic) bond motifs is 1. The molecule has 0 spiro atoms. The van der Waals surface area contributed by atoms with E-state index in [1.54, 1.807) is 20.8 Å². The fraction of sp³-hybridized carbons (Fsp3) is 0.471. The molecule has 0 amide bonds. The van der Waals surface area contributed by atoms with Crippen molar-refractivity contribution >= 4 is 10.8 Å². The number of benzene rings is 1. The van der Waals surface area contributed by atoms with Gasteiger partial charge in [-0.15, -0.1) is 48.8 Å². The predicted octanol–water partition coefficient (Wildman–Crippen LogP) is 1.22. The van der Waals surface area contributed by atoms with Gasteiger partial charge in [0.25, 0.3) is 0 Å². The van der Waals surface area contributed by atoms with Crippen molar-refractivity contribution in [3.05, 3.63) is 42.0 Å². The second kappa shape index (κ2) is 19.4.